The number of aryl methyl sites for hydroxylation is 2. The Hall–Kier alpha value is -1.98. The van der Waals surface area contributed by atoms with Crippen LogP contribution < -0.4 is 4.74 Å². The van der Waals surface area contributed by atoms with E-state index >= 15 is 0 Å². The Balaban J connectivity index is 2.14. The van der Waals surface area contributed by atoms with Gasteiger partial charge in [-0.1, -0.05) is 41.2 Å². The zero-order valence-electron chi connectivity index (χ0n) is 12.0. The summed E-state index contributed by atoms with van der Waals surface area (Å²) < 4.78 is 19.2. The Kier molecular flexibility index (Phi) is 5.25. The van der Waals surface area contributed by atoms with E-state index in [4.69, 9.17) is 16.3 Å². The smallest absolute Gasteiger partial charge is 0.128 e. The molecule has 2 aromatic rings. The van der Waals surface area contributed by atoms with Gasteiger partial charge in [-0.25, -0.2) is 4.39 Å². The lowest BCUT2D eigenvalue weighted by molar-refractivity contribution is 0.304. The molecule has 0 fully saturated rings. The zero-order chi connectivity index (χ0) is 15.2. The van der Waals surface area contributed by atoms with Crippen molar-refractivity contribution in [2.24, 2.45) is 0 Å². The lowest BCUT2D eigenvalue weighted by Crippen LogP contribution is -1.97. The predicted molar refractivity (Wildman–Crippen MR) is 84.2 cm³/mol. The second-order valence-electron chi connectivity index (χ2n) is 4.90. The van der Waals surface area contributed by atoms with Gasteiger partial charge in [-0.2, -0.15) is 0 Å². The summed E-state index contributed by atoms with van der Waals surface area (Å²) in [6, 6.07) is 10.6. The maximum Gasteiger partial charge on any atom is 0.128 e. The molecule has 0 saturated carbocycles. The molecule has 0 aliphatic carbocycles. The van der Waals surface area contributed by atoms with Gasteiger partial charge in [0.15, 0.2) is 0 Å². The molecule has 1 nitrogen and oxygen atoms in total. The third-order valence-corrected chi connectivity index (χ3v) is 2.99. The van der Waals surface area contributed by atoms with Gasteiger partial charge in [0.2, 0.25) is 0 Å². The molecule has 0 spiro atoms. The molecule has 0 N–H and O–H groups in total. The van der Waals surface area contributed by atoms with Gasteiger partial charge in [-0.05, 0) is 31.5 Å². The van der Waals surface area contributed by atoms with E-state index < -0.39 is 0 Å². The van der Waals surface area contributed by atoms with Crippen LogP contribution in [-0.2, 0) is 6.61 Å². The van der Waals surface area contributed by atoms with Crippen molar-refractivity contribution in [3.05, 3.63) is 64.5 Å². The molecule has 0 aliphatic heterocycles. The van der Waals surface area contributed by atoms with Crippen LogP contribution in [0.5, 0.6) is 5.75 Å². The molecule has 0 radical (unpaired) electrons. The average Bonchev–Trinajstić information content (AvgIpc) is 2.41. The summed E-state index contributed by atoms with van der Waals surface area (Å²) >= 11 is 5.50. The summed E-state index contributed by atoms with van der Waals surface area (Å²) in [5.41, 5.74) is 3.99. The van der Waals surface area contributed by atoms with Gasteiger partial charge < -0.3 is 4.74 Å². The third-order valence-electron chi connectivity index (χ3n) is 2.86. The highest BCUT2D eigenvalue weighted by molar-refractivity contribution is 6.19. The predicted octanol–water partition coefficient (Wildman–Crippen LogP) is 4.61. The van der Waals surface area contributed by atoms with Crippen LogP contribution in [0.3, 0.4) is 0 Å². The van der Waals surface area contributed by atoms with Gasteiger partial charge in [0.05, 0.1) is 5.88 Å². The van der Waals surface area contributed by atoms with Gasteiger partial charge in [-0.15, -0.1) is 11.6 Å². The van der Waals surface area contributed by atoms with Gasteiger partial charge >= 0.3 is 0 Å². The Bertz CT molecular complexity index is 678. The fraction of sp³-hybridized carbons (Fsp3) is 0.222. The molecule has 0 atom stereocenters. The van der Waals surface area contributed by atoms with Crippen LogP contribution >= 0.6 is 11.6 Å². The summed E-state index contributed by atoms with van der Waals surface area (Å²) in [6.07, 6.45) is 0. The highest BCUT2D eigenvalue weighted by Gasteiger charge is 2.02. The van der Waals surface area contributed by atoms with Gasteiger partial charge in [-0.3, -0.25) is 0 Å². The van der Waals surface area contributed by atoms with Crippen molar-refractivity contribution in [3.63, 3.8) is 0 Å². The van der Waals surface area contributed by atoms with Crippen LogP contribution in [0.2, 0.25) is 0 Å². The quantitative estimate of drug-likeness (QED) is 0.594. The zero-order valence-corrected chi connectivity index (χ0v) is 12.8. The van der Waals surface area contributed by atoms with Crippen molar-refractivity contribution in [1.82, 2.24) is 0 Å². The largest absolute Gasteiger partial charge is 0.489 e. The first-order valence-electron chi connectivity index (χ1n) is 6.62. The summed E-state index contributed by atoms with van der Waals surface area (Å²) in [6.45, 7) is 4.48. The lowest BCUT2D eigenvalue weighted by Gasteiger charge is -2.09. The van der Waals surface area contributed by atoms with Crippen LogP contribution in [0, 0.1) is 31.5 Å². The van der Waals surface area contributed by atoms with E-state index in [1.54, 1.807) is 6.07 Å². The normalized spacial score (nSPS) is 9.90. The average molecular weight is 303 g/mol. The van der Waals surface area contributed by atoms with Crippen LogP contribution in [0.15, 0.2) is 36.4 Å². The van der Waals surface area contributed by atoms with Crippen LogP contribution in [0.25, 0.3) is 0 Å². The maximum atomic E-state index is 13.5. The third kappa shape index (κ3) is 4.81. The first kappa shape index (κ1) is 15.4. The van der Waals surface area contributed by atoms with E-state index in [-0.39, 0.29) is 11.7 Å². The van der Waals surface area contributed by atoms with E-state index in [0.29, 0.717) is 17.9 Å². The van der Waals surface area contributed by atoms with E-state index in [1.165, 1.54) is 23.3 Å². The Labute approximate surface area is 129 Å². The molecular weight excluding hydrogens is 287 g/mol. The number of halogens is 2. The topological polar surface area (TPSA) is 9.23 Å². The molecule has 0 heterocycles. The number of rotatable bonds is 3. The molecule has 0 unspecified atom stereocenters. The molecule has 0 bridgehead atoms. The van der Waals surface area contributed by atoms with E-state index in [1.807, 2.05) is 13.8 Å². The number of ether oxygens (including phenoxy) is 1. The second-order valence-corrected chi connectivity index (χ2v) is 5.16. The number of hydrogen-bond acceptors (Lipinski definition) is 1. The molecule has 2 aromatic carbocycles. The van der Waals surface area contributed by atoms with E-state index in [0.717, 1.165) is 5.56 Å². The van der Waals surface area contributed by atoms with Crippen LogP contribution in [0.1, 0.15) is 22.3 Å². The minimum absolute atomic E-state index is 0.218. The maximum absolute atomic E-state index is 13.5. The van der Waals surface area contributed by atoms with Crippen LogP contribution in [0.4, 0.5) is 4.39 Å². The number of alkyl halides is 1. The van der Waals surface area contributed by atoms with Gasteiger partial charge in [0.1, 0.15) is 18.2 Å². The minimum atomic E-state index is -0.369. The molecular formula is C18H16ClFO. The Morgan fingerprint density at radius 2 is 1.76 bits per heavy atom. The summed E-state index contributed by atoms with van der Waals surface area (Å²) in [5, 5.41) is 0. The molecule has 0 aliphatic rings. The summed E-state index contributed by atoms with van der Waals surface area (Å²) in [5.74, 6) is 5.81. The van der Waals surface area contributed by atoms with Crippen molar-refractivity contribution >= 4 is 11.6 Å². The Morgan fingerprint density at radius 1 is 1.05 bits per heavy atom. The van der Waals surface area contributed by atoms with Crippen molar-refractivity contribution in [1.29, 1.82) is 0 Å². The van der Waals surface area contributed by atoms with Gasteiger partial charge in [0, 0.05) is 11.6 Å². The molecule has 0 aromatic heterocycles. The summed E-state index contributed by atoms with van der Waals surface area (Å²) in [7, 11) is 0. The molecule has 108 valence electrons. The van der Waals surface area contributed by atoms with Crippen LogP contribution in [-0.4, -0.2) is 5.88 Å². The SMILES string of the molecule is Cc1cc(C)cc(COc2cc(F)cc(C#CCCl)c2)c1. The first-order chi connectivity index (χ1) is 10.1. The molecule has 0 saturated heterocycles. The fourth-order valence-electron chi connectivity index (χ4n) is 2.17. The molecule has 3 heteroatoms. The van der Waals surface area contributed by atoms with Crippen molar-refractivity contribution < 1.29 is 9.13 Å². The molecule has 0 amide bonds. The summed E-state index contributed by atoms with van der Waals surface area (Å²) in [4.78, 5) is 0. The monoisotopic (exact) mass is 302 g/mol. The number of benzene rings is 2. The van der Waals surface area contributed by atoms with Crippen molar-refractivity contribution in [2.75, 3.05) is 5.88 Å². The molecule has 21 heavy (non-hydrogen) atoms. The first-order valence-corrected chi connectivity index (χ1v) is 7.15. The van der Waals surface area contributed by atoms with E-state index in [9.17, 15) is 4.39 Å². The Morgan fingerprint density at radius 3 is 2.43 bits per heavy atom. The highest BCUT2D eigenvalue weighted by atomic mass is 35.5. The second kappa shape index (κ2) is 7.15. The molecule has 2 rings (SSSR count). The lowest BCUT2D eigenvalue weighted by atomic mass is 10.1. The minimum Gasteiger partial charge on any atom is -0.489 e. The number of hydrogen-bond donors (Lipinski definition) is 0. The highest BCUT2D eigenvalue weighted by Crippen LogP contribution is 2.18. The van der Waals surface area contributed by atoms with Gasteiger partial charge in [0.25, 0.3) is 0 Å². The van der Waals surface area contributed by atoms with Crippen molar-refractivity contribution in [3.8, 4) is 17.6 Å². The van der Waals surface area contributed by atoms with E-state index in [2.05, 4.69) is 30.0 Å². The van der Waals surface area contributed by atoms with Crippen molar-refractivity contribution in [2.45, 2.75) is 20.5 Å². The fourth-order valence-corrected chi connectivity index (χ4v) is 2.24. The standard InChI is InChI=1S/C18H16ClFO/c1-13-6-14(2)8-16(7-13)12-21-18-10-15(4-3-5-19)9-17(20)11-18/h6-11H,5,12H2,1-2H3.